The van der Waals surface area contributed by atoms with Gasteiger partial charge in [-0.2, -0.15) is 9.36 Å². The standard InChI is InChI=1S/C28H28N4O4S/c1-34-23-11-9-22(10-12-23)31-13-15-32(16-14-31)27(33)21-6-4-8-25(19-21)36-28-29-26(30-37-28)18-20-5-3-7-24(17-20)35-2/h3-12,17,19H,13-16,18H2,1-2H3. The zero-order chi connectivity index (χ0) is 25.6. The van der Waals surface area contributed by atoms with Crippen LogP contribution in [0.15, 0.2) is 72.8 Å². The molecular formula is C28H28N4O4S. The summed E-state index contributed by atoms with van der Waals surface area (Å²) in [6.07, 6.45) is 0.581. The normalized spacial score (nSPS) is 13.4. The fourth-order valence-corrected chi connectivity index (χ4v) is 4.82. The number of carbonyl (C=O) groups is 1. The monoisotopic (exact) mass is 516 g/mol. The Morgan fingerprint density at radius 1 is 0.865 bits per heavy atom. The molecule has 3 aromatic carbocycles. The van der Waals surface area contributed by atoms with E-state index in [0.29, 0.717) is 41.8 Å². The number of rotatable bonds is 8. The van der Waals surface area contributed by atoms with Gasteiger partial charge in [-0.25, -0.2) is 0 Å². The smallest absolute Gasteiger partial charge is 0.298 e. The Kier molecular flexibility index (Phi) is 7.51. The zero-order valence-electron chi connectivity index (χ0n) is 20.8. The first kappa shape index (κ1) is 24.6. The summed E-state index contributed by atoms with van der Waals surface area (Å²) in [5, 5.41) is 0.440. The summed E-state index contributed by atoms with van der Waals surface area (Å²) < 4.78 is 20.9. The van der Waals surface area contributed by atoms with Crippen LogP contribution in [0, 0.1) is 0 Å². The lowest BCUT2D eigenvalue weighted by molar-refractivity contribution is 0.0746. The van der Waals surface area contributed by atoms with E-state index in [4.69, 9.17) is 14.2 Å². The molecule has 1 fully saturated rings. The molecule has 37 heavy (non-hydrogen) atoms. The fourth-order valence-electron chi connectivity index (χ4n) is 4.25. The second kappa shape index (κ2) is 11.3. The Hall–Kier alpha value is -4.11. The predicted octanol–water partition coefficient (Wildman–Crippen LogP) is 4.90. The highest BCUT2D eigenvalue weighted by Crippen LogP contribution is 2.26. The summed E-state index contributed by atoms with van der Waals surface area (Å²) >= 11 is 1.19. The molecule has 0 N–H and O–H groups in total. The number of hydrogen-bond acceptors (Lipinski definition) is 8. The lowest BCUT2D eigenvalue weighted by Crippen LogP contribution is -2.48. The van der Waals surface area contributed by atoms with Gasteiger partial charge in [0, 0.05) is 55.4 Å². The number of anilines is 1. The third-order valence-corrected chi connectivity index (χ3v) is 6.87. The Morgan fingerprint density at radius 2 is 1.59 bits per heavy atom. The van der Waals surface area contributed by atoms with Crippen molar-refractivity contribution in [2.45, 2.75) is 6.42 Å². The maximum absolute atomic E-state index is 13.2. The quantitative estimate of drug-likeness (QED) is 0.330. The van der Waals surface area contributed by atoms with Crippen molar-refractivity contribution in [3.63, 3.8) is 0 Å². The van der Waals surface area contributed by atoms with E-state index in [1.54, 1.807) is 20.3 Å². The summed E-state index contributed by atoms with van der Waals surface area (Å²) in [5.41, 5.74) is 2.78. The van der Waals surface area contributed by atoms with Crippen molar-refractivity contribution in [1.29, 1.82) is 0 Å². The van der Waals surface area contributed by atoms with Crippen molar-refractivity contribution in [3.05, 3.63) is 89.7 Å². The summed E-state index contributed by atoms with van der Waals surface area (Å²) in [5.74, 6) is 2.87. The van der Waals surface area contributed by atoms with Crippen LogP contribution < -0.4 is 19.1 Å². The molecule has 9 heteroatoms. The van der Waals surface area contributed by atoms with E-state index in [1.807, 2.05) is 71.6 Å². The van der Waals surface area contributed by atoms with Gasteiger partial charge in [-0.05, 0) is 60.2 Å². The molecule has 8 nitrogen and oxygen atoms in total. The highest BCUT2D eigenvalue weighted by Gasteiger charge is 2.23. The number of aromatic nitrogens is 2. The van der Waals surface area contributed by atoms with Crippen LogP contribution in [-0.2, 0) is 6.42 Å². The van der Waals surface area contributed by atoms with Crippen molar-refractivity contribution >= 4 is 23.1 Å². The van der Waals surface area contributed by atoms with E-state index in [1.165, 1.54) is 11.5 Å². The third kappa shape index (κ3) is 6.00. The third-order valence-electron chi connectivity index (χ3n) is 6.24. The van der Waals surface area contributed by atoms with Crippen molar-refractivity contribution in [3.8, 4) is 22.4 Å². The van der Waals surface area contributed by atoms with Crippen LogP contribution in [0.1, 0.15) is 21.7 Å². The van der Waals surface area contributed by atoms with Crippen molar-refractivity contribution in [2.75, 3.05) is 45.3 Å². The Labute approximate surface area is 220 Å². The van der Waals surface area contributed by atoms with Gasteiger partial charge in [0.05, 0.1) is 14.2 Å². The average Bonchev–Trinajstić information content (AvgIpc) is 3.39. The van der Waals surface area contributed by atoms with E-state index < -0.39 is 0 Å². The number of amides is 1. The highest BCUT2D eigenvalue weighted by molar-refractivity contribution is 7.07. The second-order valence-electron chi connectivity index (χ2n) is 8.61. The van der Waals surface area contributed by atoms with E-state index >= 15 is 0 Å². The number of piperazine rings is 1. The molecule has 0 radical (unpaired) electrons. The second-order valence-corrected chi connectivity index (χ2v) is 9.33. The number of methoxy groups -OCH3 is 2. The molecule has 0 unspecified atom stereocenters. The highest BCUT2D eigenvalue weighted by atomic mass is 32.1. The maximum Gasteiger partial charge on any atom is 0.298 e. The van der Waals surface area contributed by atoms with Crippen molar-refractivity contribution < 1.29 is 19.0 Å². The van der Waals surface area contributed by atoms with Crippen molar-refractivity contribution in [1.82, 2.24) is 14.3 Å². The van der Waals surface area contributed by atoms with Gasteiger partial charge >= 0.3 is 0 Å². The van der Waals surface area contributed by atoms with Gasteiger partial charge in [-0.1, -0.05) is 18.2 Å². The van der Waals surface area contributed by atoms with Gasteiger partial charge < -0.3 is 24.0 Å². The van der Waals surface area contributed by atoms with Gasteiger partial charge in [0.2, 0.25) is 0 Å². The SMILES string of the molecule is COc1ccc(N2CCN(C(=O)c3cccc(Oc4nc(Cc5cccc(OC)c5)ns4)c3)CC2)cc1. The van der Waals surface area contributed by atoms with Gasteiger partial charge in [-0.15, -0.1) is 0 Å². The first-order chi connectivity index (χ1) is 18.1. The van der Waals surface area contributed by atoms with Gasteiger partial charge in [0.25, 0.3) is 11.1 Å². The number of ether oxygens (including phenoxy) is 3. The topological polar surface area (TPSA) is 77.0 Å². The minimum Gasteiger partial charge on any atom is -0.497 e. The molecule has 190 valence electrons. The maximum atomic E-state index is 13.2. The van der Waals surface area contributed by atoms with Gasteiger partial charge in [-0.3, -0.25) is 4.79 Å². The first-order valence-corrected chi connectivity index (χ1v) is 12.8. The molecule has 1 aromatic heterocycles. The van der Waals surface area contributed by atoms with Crippen LogP contribution in [0.2, 0.25) is 0 Å². The number of carbonyl (C=O) groups excluding carboxylic acids is 1. The van der Waals surface area contributed by atoms with Crippen LogP contribution in [0.3, 0.4) is 0 Å². The molecule has 0 bridgehead atoms. The molecule has 0 saturated carbocycles. The molecule has 5 rings (SSSR count). The van der Waals surface area contributed by atoms with Crippen LogP contribution in [-0.4, -0.2) is 60.6 Å². The lowest BCUT2D eigenvalue weighted by Gasteiger charge is -2.36. The average molecular weight is 517 g/mol. The lowest BCUT2D eigenvalue weighted by atomic mass is 10.1. The summed E-state index contributed by atoms with van der Waals surface area (Å²) in [6, 6.07) is 23.1. The first-order valence-electron chi connectivity index (χ1n) is 12.0. The molecular weight excluding hydrogens is 488 g/mol. The molecule has 0 spiro atoms. The summed E-state index contributed by atoms with van der Waals surface area (Å²) in [4.78, 5) is 21.9. The van der Waals surface area contributed by atoms with E-state index in [0.717, 1.165) is 35.8 Å². The van der Waals surface area contributed by atoms with E-state index in [9.17, 15) is 4.79 Å². The molecule has 1 aliphatic heterocycles. The molecule has 0 aliphatic carbocycles. The fraction of sp³-hybridized carbons (Fsp3) is 0.250. The van der Waals surface area contributed by atoms with E-state index in [2.05, 4.69) is 14.3 Å². The largest absolute Gasteiger partial charge is 0.497 e. The Morgan fingerprint density at radius 3 is 2.35 bits per heavy atom. The zero-order valence-corrected chi connectivity index (χ0v) is 21.6. The minimum absolute atomic E-state index is 0.00388. The van der Waals surface area contributed by atoms with Crippen LogP contribution in [0.4, 0.5) is 5.69 Å². The summed E-state index contributed by atoms with van der Waals surface area (Å²) in [6.45, 7) is 2.85. The number of benzene rings is 3. The molecule has 1 saturated heterocycles. The number of nitrogens with zero attached hydrogens (tertiary/aromatic N) is 4. The van der Waals surface area contributed by atoms with Crippen molar-refractivity contribution in [2.24, 2.45) is 0 Å². The molecule has 4 aromatic rings. The van der Waals surface area contributed by atoms with E-state index in [-0.39, 0.29) is 5.91 Å². The van der Waals surface area contributed by atoms with Gasteiger partial charge in [0.1, 0.15) is 17.2 Å². The minimum atomic E-state index is -0.00388. The molecule has 2 heterocycles. The molecule has 1 aliphatic rings. The van der Waals surface area contributed by atoms with Gasteiger partial charge in [0.15, 0.2) is 5.82 Å². The van der Waals surface area contributed by atoms with Crippen LogP contribution in [0.25, 0.3) is 0 Å². The Bertz CT molecular complexity index is 1350. The van der Waals surface area contributed by atoms with Crippen LogP contribution in [0.5, 0.6) is 22.4 Å². The molecule has 0 atom stereocenters. The molecule has 1 amide bonds. The number of hydrogen-bond donors (Lipinski definition) is 0. The van der Waals surface area contributed by atoms with Crippen LogP contribution >= 0.6 is 11.5 Å². The predicted molar refractivity (Wildman–Crippen MR) is 143 cm³/mol. The Balaban J connectivity index is 1.18. The summed E-state index contributed by atoms with van der Waals surface area (Å²) in [7, 11) is 3.31.